The smallest absolute Gasteiger partial charge is 0.243 e. The zero-order valence-corrected chi connectivity index (χ0v) is 18.7. The van der Waals surface area contributed by atoms with Crippen LogP contribution in [0.4, 0.5) is 5.69 Å². The molecule has 1 saturated heterocycles. The predicted molar refractivity (Wildman–Crippen MR) is 127 cm³/mol. The van der Waals surface area contributed by atoms with Crippen LogP contribution in [0, 0.1) is 11.7 Å². The van der Waals surface area contributed by atoms with Crippen LogP contribution < -0.4 is 4.90 Å². The summed E-state index contributed by atoms with van der Waals surface area (Å²) in [5.41, 5.74) is 4.04. The molecule has 0 atom stereocenters. The lowest BCUT2D eigenvalue weighted by Crippen LogP contribution is -2.29. The number of aromatic amines is 1. The average molecular weight is 456 g/mol. The van der Waals surface area contributed by atoms with Gasteiger partial charge in [-0.15, -0.1) is 5.10 Å². The molecule has 152 valence electrons. The molecular weight excluding hydrogens is 438 g/mol. The Kier molecular flexibility index (Phi) is 5.90. The molecule has 2 heterocycles. The molecule has 30 heavy (non-hydrogen) atoms. The topological polar surface area (TPSA) is 65.8 Å². The lowest BCUT2D eigenvalue weighted by molar-refractivity contribution is -0.115. The minimum Gasteiger partial charge on any atom is -0.334 e. The second-order valence-electron chi connectivity index (χ2n) is 6.64. The Morgan fingerprint density at radius 2 is 1.83 bits per heavy atom. The molecule has 0 saturated carbocycles. The summed E-state index contributed by atoms with van der Waals surface area (Å²) in [5, 5.41) is 10.0. The molecule has 1 N–H and O–H groups in total. The zero-order valence-electron chi connectivity index (χ0n) is 16.3. The van der Waals surface area contributed by atoms with Crippen molar-refractivity contribution in [3.63, 3.8) is 0 Å². The van der Waals surface area contributed by atoms with E-state index in [9.17, 15) is 4.79 Å². The van der Waals surface area contributed by atoms with Crippen LogP contribution in [0.1, 0.15) is 18.3 Å². The van der Waals surface area contributed by atoms with E-state index in [-0.39, 0.29) is 5.91 Å². The maximum absolute atomic E-state index is 12.4. The number of nitrogens with zero attached hydrogens (tertiary/aromatic N) is 4. The predicted octanol–water partition coefficient (Wildman–Crippen LogP) is 5.36. The number of amidine groups is 1. The number of amides is 1. The number of H-pyrrole nitrogens is 1. The number of aryl methyl sites for hydroxylation is 1. The molecule has 4 rings (SSSR count). The minimum atomic E-state index is -0.0142. The number of para-hydroxylation sites is 1. The molecule has 1 aliphatic rings. The molecule has 9 heteroatoms. The first-order chi connectivity index (χ1) is 14.5. The van der Waals surface area contributed by atoms with Crippen molar-refractivity contribution >= 4 is 58.1 Å². The second kappa shape index (κ2) is 8.59. The second-order valence-corrected chi connectivity index (χ2v) is 8.40. The summed E-state index contributed by atoms with van der Waals surface area (Å²) >= 11 is 12.9. The van der Waals surface area contributed by atoms with Crippen molar-refractivity contribution < 1.29 is 4.79 Å². The highest BCUT2D eigenvalue weighted by atomic mass is 35.5. The SMILES string of the molecule is C/C(=N\N=C1/SCC(=O)N1c1ccccc1)c1c(C)[nH]c(=S)n1-c1ccc(Cl)cc1. The van der Waals surface area contributed by atoms with Gasteiger partial charge in [0.15, 0.2) is 9.94 Å². The lowest BCUT2D eigenvalue weighted by Gasteiger charge is -2.15. The molecule has 1 aliphatic heterocycles. The van der Waals surface area contributed by atoms with Gasteiger partial charge in [-0.05, 0) is 62.5 Å². The van der Waals surface area contributed by atoms with Crippen LogP contribution in [0.5, 0.6) is 0 Å². The quantitative estimate of drug-likeness (QED) is 0.327. The van der Waals surface area contributed by atoms with Crippen molar-refractivity contribution in [3.8, 4) is 5.69 Å². The molecule has 3 aromatic rings. The Morgan fingerprint density at radius 3 is 2.53 bits per heavy atom. The number of hydrogen-bond donors (Lipinski definition) is 1. The Balaban J connectivity index is 1.73. The van der Waals surface area contributed by atoms with E-state index in [2.05, 4.69) is 15.2 Å². The van der Waals surface area contributed by atoms with Crippen LogP contribution in [-0.2, 0) is 4.79 Å². The fourth-order valence-corrected chi connectivity index (χ4v) is 4.54. The molecule has 0 radical (unpaired) electrons. The van der Waals surface area contributed by atoms with Gasteiger partial charge in [-0.1, -0.05) is 41.6 Å². The van der Waals surface area contributed by atoms with E-state index in [0.717, 1.165) is 22.8 Å². The Labute approximate surface area is 188 Å². The van der Waals surface area contributed by atoms with Gasteiger partial charge in [0.05, 0.1) is 22.8 Å². The molecular formula is C21H18ClN5OS2. The number of thioether (sulfide) groups is 1. The molecule has 6 nitrogen and oxygen atoms in total. The first kappa shape index (κ1) is 20.6. The van der Waals surface area contributed by atoms with Gasteiger partial charge in [0.1, 0.15) is 0 Å². The summed E-state index contributed by atoms with van der Waals surface area (Å²) in [6.07, 6.45) is 0. The number of carbonyl (C=O) groups is 1. The Hall–Kier alpha value is -2.68. The molecule has 2 aromatic carbocycles. The summed E-state index contributed by atoms with van der Waals surface area (Å²) in [7, 11) is 0. The third kappa shape index (κ3) is 3.98. The minimum absolute atomic E-state index is 0.0142. The maximum atomic E-state index is 12.4. The molecule has 0 unspecified atom stereocenters. The highest BCUT2D eigenvalue weighted by molar-refractivity contribution is 8.15. The van der Waals surface area contributed by atoms with Crippen molar-refractivity contribution in [2.45, 2.75) is 13.8 Å². The number of halogens is 1. The maximum Gasteiger partial charge on any atom is 0.243 e. The van der Waals surface area contributed by atoms with E-state index in [0.29, 0.717) is 26.4 Å². The summed E-state index contributed by atoms with van der Waals surface area (Å²) in [6.45, 7) is 3.81. The summed E-state index contributed by atoms with van der Waals surface area (Å²) < 4.78 is 2.46. The van der Waals surface area contributed by atoms with E-state index in [1.54, 1.807) is 4.90 Å². The van der Waals surface area contributed by atoms with Gasteiger partial charge in [-0.25, -0.2) is 0 Å². The molecule has 0 aliphatic carbocycles. The summed E-state index contributed by atoms with van der Waals surface area (Å²) in [4.78, 5) is 17.1. The third-order valence-electron chi connectivity index (χ3n) is 4.57. The van der Waals surface area contributed by atoms with Crippen LogP contribution in [0.25, 0.3) is 5.69 Å². The number of carbonyl (C=O) groups excluding carboxylic acids is 1. The molecule has 0 spiro atoms. The van der Waals surface area contributed by atoms with E-state index >= 15 is 0 Å². The van der Waals surface area contributed by atoms with Crippen molar-refractivity contribution in [2.24, 2.45) is 10.2 Å². The fourth-order valence-electron chi connectivity index (χ4n) is 3.25. The van der Waals surface area contributed by atoms with Gasteiger partial charge in [0.2, 0.25) is 5.91 Å². The van der Waals surface area contributed by atoms with Crippen LogP contribution in [0.3, 0.4) is 0 Å². The summed E-state index contributed by atoms with van der Waals surface area (Å²) in [6, 6.07) is 16.9. The van der Waals surface area contributed by atoms with Gasteiger partial charge in [-0.3, -0.25) is 14.3 Å². The van der Waals surface area contributed by atoms with Crippen molar-refractivity contribution in [2.75, 3.05) is 10.7 Å². The number of hydrogen-bond acceptors (Lipinski definition) is 5. The van der Waals surface area contributed by atoms with E-state index < -0.39 is 0 Å². The van der Waals surface area contributed by atoms with E-state index in [4.69, 9.17) is 23.8 Å². The van der Waals surface area contributed by atoms with Crippen LogP contribution >= 0.6 is 35.6 Å². The van der Waals surface area contributed by atoms with Crippen molar-refractivity contribution in [3.05, 3.63) is 75.8 Å². The van der Waals surface area contributed by atoms with Gasteiger partial charge in [0.25, 0.3) is 0 Å². The standard InChI is InChI=1S/C21H18ClN5OS2/c1-13-19(27(20(29)23-13)17-10-8-15(22)9-11-17)14(2)24-25-21-26(18(28)12-30-21)16-6-4-3-5-7-16/h3-11H,12H2,1-2H3,(H,23,29)/b24-14+,25-21-. The number of imidazole rings is 1. The fraction of sp³-hybridized carbons (Fsp3) is 0.143. The number of benzene rings is 2. The van der Waals surface area contributed by atoms with Crippen LogP contribution in [0.15, 0.2) is 64.8 Å². The number of aromatic nitrogens is 2. The van der Waals surface area contributed by atoms with Crippen LogP contribution in [-0.4, -0.2) is 32.1 Å². The van der Waals surface area contributed by atoms with E-state index in [1.807, 2.05) is 73.0 Å². The molecule has 1 aromatic heterocycles. The monoisotopic (exact) mass is 455 g/mol. The Morgan fingerprint density at radius 1 is 1.13 bits per heavy atom. The average Bonchev–Trinajstić information content (AvgIpc) is 3.26. The van der Waals surface area contributed by atoms with Crippen molar-refractivity contribution in [1.82, 2.24) is 9.55 Å². The number of rotatable bonds is 4. The van der Waals surface area contributed by atoms with E-state index in [1.165, 1.54) is 11.8 Å². The van der Waals surface area contributed by atoms with Crippen LogP contribution in [0.2, 0.25) is 5.02 Å². The largest absolute Gasteiger partial charge is 0.334 e. The lowest BCUT2D eigenvalue weighted by atomic mass is 10.2. The Bertz CT molecular complexity index is 1210. The first-order valence-electron chi connectivity index (χ1n) is 9.16. The molecule has 1 amide bonds. The van der Waals surface area contributed by atoms with Gasteiger partial charge >= 0.3 is 0 Å². The highest BCUT2D eigenvalue weighted by Gasteiger charge is 2.29. The zero-order chi connectivity index (χ0) is 21.3. The van der Waals surface area contributed by atoms with Crippen molar-refractivity contribution in [1.29, 1.82) is 0 Å². The first-order valence-corrected chi connectivity index (χ1v) is 10.9. The normalized spacial score (nSPS) is 16.0. The molecule has 0 bridgehead atoms. The number of anilines is 1. The van der Waals surface area contributed by atoms with Gasteiger partial charge in [-0.2, -0.15) is 5.10 Å². The van der Waals surface area contributed by atoms with Gasteiger partial charge < -0.3 is 4.98 Å². The summed E-state index contributed by atoms with van der Waals surface area (Å²) in [5.74, 6) is 0.326. The number of nitrogens with one attached hydrogen (secondary N) is 1. The third-order valence-corrected chi connectivity index (χ3v) is 6.02. The van der Waals surface area contributed by atoms with Gasteiger partial charge in [0, 0.05) is 16.4 Å². The molecule has 1 fully saturated rings. The highest BCUT2D eigenvalue weighted by Crippen LogP contribution is 2.27.